The van der Waals surface area contributed by atoms with Crippen molar-refractivity contribution < 1.29 is 47.8 Å². The predicted molar refractivity (Wildman–Crippen MR) is 148 cm³/mol. The molecule has 0 radical (unpaired) electrons. The van der Waals surface area contributed by atoms with Gasteiger partial charge in [0.15, 0.2) is 6.04 Å². The molecule has 4 N–H and O–H groups in total. The Hall–Kier alpha value is -1.52. The molecule has 230 valence electrons. The van der Waals surface area contributed by atoms with Gasteiger partial charge in [-0.15, -0.1) is 0 Å². The van der Waals surface area contributed by atoms with Gasteiger partial charge in [0.2, 0.25) is 5.91 Å². The molecule has 1 amide bonds. The van der Waals surface area contributed by atoms with E-state index in [1.165, 1.54) is 57.8 Å². The van der Waals surface area contributed by atoms with Gasteiger partial charge in [0.25, 0.3) is 0 Å². The molecule has 3 unspecified atom stereocenters. The lowest BCUT2D eigenvalue weighted by molar-refractivity contribution is -0.147. The van der Waals surface area contributed by atoms with Crippen LogP contribution in [0.3, 0.4) is 0 Å². The number of carboxylic acid groups (broad SMARTS) is 1. The smallest absolute Gasteiger partial charge is 0.472 e. The lowest BCUT2D eigenvalue weighted by Crippen LogP contribution is -2.43. The molecule has 0 aromatic carbocycles. The SMILES string of the molecule is CCCCCCCCCCCCCCCC(=O)NC(COP(=O)(O)OCC(O)COC(=O)CCCC)C(=O)O. The molecule has 0 bridgehead atoms. The standard InChI is InChI=1S/C27H52NO10P/c1-3-5-7-8-9-10-11-12-13-14-15-16-17-18-25(30)28-24(27(32)33)22-38-39(34,35)37-21-23(29)20-36-26(31)19-6-4-2/h23-24,29H,3-22H2,1-2H3,(H,28,30)(H,32,33)(H,34,35). The summed E-state index contributed by atoms with van der Waals surface area (Å²) in [6.07, 6.45) is 15.7. The number of hydrogen-bond acceptors (Lipinski definition) is 8. The summed E-state index contributed by atoms with van der Waals surface area (Å²) >= 11 is 0. The highest BCUT2D eigenvalue weighted by molar-refractivity contribution is 7.47. The second-order valence-electron chi connectivity index (χ2n) is 9.95. The van der Waals surface area contributed by atoms with E-state index in [0.29, 0.717) is 12.8 Å². The number of aliphatic hydroxyl groups is 1. The second kappa shape index (κ2) is 24.3. The number of ether oxygens (including phenoxy) is 1. The third-order valence-corrected chi connectivity index (χ3v) is 7.10. The number of carbonyl (C=O) groups excluding carboxylic acids is 2. The maximum Gasteiger partial charge on any atom is 0.472 e. The highest BCUT2D eigenvalue weighted by atomic mass is 31.2. The Morgan fingerprint density at radius 2 is 1.21 bits per heavy atom. The van der Waals surface area contributed by atoms with Crippen LogP contribution in [0.2, 0.25) is 0 Å². The molecule has 12 heteroatoms. The second-order valence-corrected chi connectivity index (χ2v) is 11.4. The third kappa shape index (κ3) is 24.0. The number of hydrogen-bond donors (Lipinski definition) is 4. The number of carboxylic acids is 1. The van der Waals surface area contributed by atoms with E-state index in [9.17, 15) is 34.1 Å². The summed E-state index contributed by atoms with van der Waals surface area (Å²) in [7, 11) is -4.71. The van der Waals surface area contributed by atoms with Crippen LogP contribution < -0.4 is 5.32 Å². The third-order valence-electron chi connectivity index (χ3n) is 6.15. The number of amides is 1. The number of carbonyl (C=O) groups is 3. The quantitative estimate of drug-likeness (QED) is 0.0570. The van der Waals surface area contributed by atoms with Gasteiger partial charge >= 0.3 is 19.8 Å². The van der Waals surface area contributed by atoms with Crippen LogP contribution in [0.4, 0.5) is 0 Å². The highest BCUT2D eigenvalue weighted by Gasteiger charge is 2.28. The molecule has 0 aromatic rings. The average Bonchev–Trinajstić information content (AvgIpc) is 2.89. The Morgan fingerprint density at radius 1 is 0.718 bits per heavy atom. The number of aliphatic hydroxyl groups excluding tert-OH is 1. The summed E-state index contributed by atoms with van der Waals surface area (Å²) in [5.41, 5.74) is 0. The van der Waals surface area contributed by atoms with E-state index in [2.05, 4.69) is 21.3 Å². The summed E-state index contributed by atoms with van der Waals surface area (Å²) in [4.78, 5) is 44.7. The van der Waals surface area contributed by atoms with Gasteiger partial charge in [-0.2, -0.15) is 0 Å². The Morgan fingerprint density at radius 3 is 1.72 bits per heavy atom. The van der Waals surface area contributed by atoms with E-state index >= 15 is 0 Å². The van der Waals surface area contributed by atoms with Gasteiger partial charge in [-0.3, -0.25) is 18.6 Å². The number of phosphoric acid groups is 1. The fourth-order valence-corrected chi connectivity index (χ4v) is 4.53. The molecule has 3 atom stereocenters. The Labute approximate surface area is 234 Å². The first kappa shape index (κ1) is 37.5. The van der Waals surface area contributed by atoms with E-state index in [0.717, 1.165) is 25.7 Å². The van der Waals surface area contributed by atoms with Gasteiger partial charge in [0.1, 0.15) is 12.7 Å². The summed E-state index contributed by atoms with van der Waals surface area (Å²) in [5, 5.41) is 21.3. The fourth-order valence-electron chi connectivity index (χ4n) is 3.76. The van der Waals surface area contributed by atoms with E-state index in [1.54, 1.807) is 0 Å². The number of unbranched alkanes of at least 4 members (excludes halogenated alkanes) is 13. The summed E-state index contributed by atoms with van der Waals surface area (Å²) < 4.78 is 26.1. The number of rotatable bonds is 27. The van der Waals surface area contributed by atoms with Crippen molar-refractivity contribution >= 4 is 25.7 Å². The van der Waals surface area contributed by atoms with Crippen LogP contribution in [0, 0.1) is 0 Å². The van der Waals surface area contributed by atoms with Gasteiger partial charge < -0.3 is 25.2 Å². The van der Waals surface area contributed by atoms with Crippen LogP contribution in [0.1, 0.15) is 123 Å². The van der Waals surface area contributed by atoms with Crippen molar-refractivity contribution in [3.05, 3.63) is 0 Å². The van der Waals surface area contributed by atoms with Crippen LogP contribution >= 0.6 is 7.82 Å². The average molecular weight is 582 g/mol. The largest absolute Gasteiger partial charge is 0.480 e. The summed E-state index contributed by atoms with van der Waals surface area (Å²) in [6, 6.07) is -1.53. The number of esters is 1. The van der Waals surface area contributed by atoms with Gasteiger partial charge in [0.05, 0.1) is 13.2 Å². The zero-order valence-corrected chi connectivity index (χ0v) is 24.8. The Balaban J connectivity index is 4.02. The van der Waals surface area contributed by atoms with Crippen molar-refractivity contribution in [2.75, 3.05) is 19.8 Å². The van der Waals surface area contributed by atoms with Crippen molar-refractivity contribution in [3.8, 4) is 0 Å². The lowest BCUT2D eigenvalue weighted by Gasteiger charge is -2.18. The minimum Gasteiger partial charge on any atom is -0.480 e. The van der Waals surface area contributed by atoms with Crippen molar-refractivity contribution in [2.24, 2.45) is 0 Å². The van der Waals surface area contributed by atoms with Gasteiger partial charge in [-0.1, -0.05) is 97.3 Å². The number of nitrogens with one attached hydrogen (secondary N) is 1. The first-order chi connectivity index (χ1) is 18.6. The Bertz CT molecular complexity index is 706. The van der Waals surface area contributed by atoms with E-state index < -0.39 is 57.6 Å². The van der Waals surface area contributed by atoms with Crippen LogP contribution in [-0.2, 0) is 32.7 Å². The molecule has 39 heavy (non-hydrogen) atoms. The molecule has 0 heterocycles. The summed E-state index contributed by atoms with van der Waals surface area (Å²) in [5.74, 6) is -2.41. The molecular weight excluding hydrogens is 529 g/mol. The molecule has 11 nitrogen and oxygen atoms in total. The lowest BCUT2D eigenvalue weighted by atomic mass is 10.0. The molecule has 0 aliphatic rings. The van der Waals surface area contributed by atoms with Crippen LogP contribution in [-0.4, -0.2) is 64.9 Å². The van der Waals surface area contributed by atoms with E-state index in [-0.39, 0.29) is 12.8 Å². The van der Waals surface area contributed by atoms with Crippen molar-refractivity contribution in [1.29, 1.82) is 0 Å². The zero-order valence-electron chi connectivity index (χ0n) is 23.9. The maximum absolute atomic E-state index is 12.1. The fraction of sp³-hybridized carbons (Fsp3) is 0.889. The van der Waals surface area contributed by atoms with E-state index in [4.69, 9.17) is 4.74 Å². The molecule has 0 aliphatic carbocycles. The van der Waals surface area contributed by atoms with Gasteiger partial charge in [-0.05, 0) is 12.8 Å². The van der Waals surface area contributed by atoms with E-state index in [1.807, 2.05) is 6.92 Å². The van der Waals surface area contributed by atoms with Gasteiger partial charge in [-0.25, -0.2) is 9.36 Å². The minimum atomic E-state index is -4.71. The molecule has 0 saturated heterocycles. The van der Waals surface area contributed by atoms with Gasteiger partial charge in [0, 0.05) is 12.8 Å². The van der Waals surface area contributed by atoms with Crippen molar-refractivity contribution in [2.45, 2.75) is 135 Å². The monoisotopic (exact) mass is 581 g/mol. The molecule has 0 aliphatic heterocycles. The maximum atomic E-state index is 12.1. The van der Waals surface area contributed by atoms with Crippen molar-refractivity contribution in [1.82, 2.24) is 5.32 Å². The first-order valence-corrected chi connectivity index (χ1v) is 16.1. The van der Waals surface area contributed by atoms with Crippen LogP contribution in [0.15, 0.2) is 0 Å². The topological polar surface area (TPSA) is 169 Å². The van der Waals surface area contributed by atoms with Crippen LogP contribution in [0.5, 0.6) is 0 Å². The Kier molecular flexibility index (Phi) is 23.3. The van der Waals surface area contributed by atoms with Crippen LogP contribution in [0.25, 0.3) is 0 Å². The molecule has 0 fully saturated rings. The van der Waals surface area contributed by atoms with Crippen molar-refractivity contribution in [3.63, 3.8) is 0 Å². The first-order valence-electron chi connectivity index (χ1n) is 14.6. The summed E-state index contributed by atoms with van der Waals surface area (Å²) in [6.45, 7) is 2.25. The normalized spacial score (nSPS) is 14.4. The minimum absolute atomic E-state index is 0.151. The molecule has 0 saturated carbocycles. The molecule has 0 spiro atoms. The number of aliphatic carboxylic acids is 1. The molecule has 0 aromatic heterocycles. The predicted octanol–water partition coefficient (Wildman–Crippen LogP) is 5.27. The molecular formula is C27H52NO10P. The highest BCUT2D eigenvalue weighted by Crippen LogP contribution is 2.43. The zero-order chi connectivity index (χ0) is 29.4. The molecule has 0 rings (SSSR count). The number of phosphoric ester groups is 1.